The van der Waals surface area contributed by atoms with Crippen LogP contribution in [0.1, 0.15) is 31.7 Å². The molecule has 5 heteroatoms. The molecular formula is C15H19ClN2O2. The fourth-order valence-corrected chi connectivity index (χ4v) is 2.73. The molecule has 1 aliphatic rings. The summed E-state index contributed by atoms with van der Waals surface area (Å²) in [5, 5.41) is 3.33. The summed E-state index contributed by atoms with van der Waals surface area (Å²) >= 11 is 6.24. The lowest BCUT2D eigenvalue weighted by Crippen LogP contribution is -2.44. The van der Waals surface area contributed by atoms with E-state index in [9.17, 15) is 9.59 Å². The van der Waals surface area contributed by atoms with Gasteiger partial charge < -0.3 is 10.2 Å². The maximum Gasteiger partial charge on any atom is 0.249 e. The van der Waals surface area contributed by atoms with Gasteiger partial charge in [-0.1, -0.05) is 31.0 Å². The summed E-state index contributed by atoms with van der Waals surface area (Å²) in [5.41, 5.74) is 1.72. The lowest BCUT2D eigenvalue weighted by atomic mass is 10.1. The largest absolute Gasteiger partial charge is 0.344 e. The maximum absolute atomic E-state index is 12.6. The summed E-state index contributed by atoms with van der Waals surface area (Å²) in [6.07, 6.45) is 1.78. The van der Waals surface area contributed by atoms with Crippen LogP contribution < -0.4 is 10.2 Å². The summed E-state index contributed by atoms with van der Waals surface area (Å²) in [6, 6.07) is 5.14. The summed E-state index contributed by atoms with van der Waals surface area (Å²) in [6.45, 7) is 4.31. The first-order chi connectivity index (χ1) is 9.52. The third kappa shape index (κ3) is 3.12. The number of nitrogens with zero attached hydrogens (tertiary/aromatic N) is 1. The standard InChI is InChI=1S/C15H19ClN2O2/c1-3-4-12-15(20)18(8-7-14(19)17-12)13-6-5-10(2)9-11(13)16/h5-6,9,12H,3-4,7-8H2,1-2H3,(H,17,19). The Labute approximate surface area is 124 Å². The zero-order valence-corrected chi connectivity index (χ0v) is 12.5. The van der Waals surface area contributed by atoms with E-state index in [1.807, 2.05) is 32.0 Å². The zero-order valence-electron chi connectivity index (χ0n) is 11.8. The SMILES string of the molecule is CCCC1NC(=O)CCN(c2ccc(C)cc2Cl)C1=O. The van der Waals surface area contributed by atoms with Gasteiger partial charge in [-0.3, -0.25) is 9.59 Å². The van der Waals surface area contributed by atoms with E-state index in [0.717, 1.165) is 12.0 Å². The van der Waals surface area contributed by atoms with Crippen molar-refractivity contribution in [2.24, 2.45) is 0 Å². The lowest BCUT2D eigenvalue weighted by molar-refractivity contribution is -0.125. The summed E-state index contributed by atoms with van der Waals surface area (Å²) < 4.78 is 0. The van der Waals surface area contributed by atoms with Crippen LogP contribution in [0.3, 0.4) is 0 Å². The third-order valence-electron chi connectivity index (χ3n) is 3.43. The highest BCUT2D eigenvalue weighted by Gasteiger charge is 2.30. The monoisotopic (exact) mass is 294 g/mol. The number of aryl methyl sites for hydroxylation is 1. The molecule has 0 spiro atoms. The molecule has 1 aromatic rings. The van der Waals surface area contributed by atoms with Gasteiger partial charge in [0.2, 0.25) is 11.8 Å². The first-order valence-electron chi connectivity index (χ1n) is 6.89. The van der Waals surface area contributed by atoms with E-state index in [2.05, 4.69) is 5.32 Å². The molecule has 0 bridgehead atoms. The van der Waals surface area contributed by atoms with Gasteiger partial charge in [0, 0.05) is 13.0 Å². The van der Waals surface area contributed by atoms with Crippen molar-refractivity contribution in [1.82, 2.24) is 5.32 Å². The fraction of sp³-hybridized carbons (Fsp3) is 0.467. The number of nitrogens with one attached hydrogen (secondary N) is 1. The number of anilines is 1. The average molecular weight is 295 g/mol. The first-order valence-corrected chi connectivity index (χ1v) is 7.27. The minimum absolute atomic E-state index is 0.0801. The molecule has 108 valence electrons. The molecule has 1 fully saturated rings. The smallest absolute Gasteiger partial charge is 0.249 e. The molecule has 0 aromatic heterocycles. The number of rotatable bonds is 3. The highest BCUT2D eigenvalue weighted by Crippen LogP contribution is 2.28. The van der Waals surface area contributed by atoms with E-state index in [1.54, 1.807) is 4.90 Å². The third-order valence-corrected chi connectivity index (χ3v) is 3.74. The van der Waals surface area contributed by atoms with E-state index < -0.39 is 6.04 Å². The molecule has 1 heterocycles. The molecule has 1 aliphatic heterocycles. The van der Waals surface area contributed by atoms with Crippen molar-refractivity contribution in [1.29, 1.82) is 0 Å². The van der Waals surface area contributed by atoms with Crippen molar-refractivity contribution >= 4 is 29.1 Å². The zero-order chi connectivity index (χ0) is 14.7. The van der Waals surface area contributed by atoms with E-state index in [-0.39, 0.29) is 11.8 Å². The minimum atomic E-state index is -0.452. The number of amides is 2. The molecular weight excluding hydrogens is 276 g/mol. The second-order valence-electron chi connectivity index (χ2n) is 5.10. The van der Waals surface area contributed by atoms with E-state index in [4.69, 9.17) is 11.6 Å². The van der Waals surface area contributed by atoms with Crippen LogP contribution in [-0.4, -0.2) is 24.4 Å². The molecule has 2 rings (SSSR count). The van der Waals surface area contributed by atoms with Gasteiger partial charge >= 0.3 is 0 Å². The van der Waals surface area contributed by atoms with Gasteiger partial charge in [0.25, 0.3) is 0 Å². The highest BCUT2D eigenvalue weighted by atomic mass is 35.5. The second-order valence-corrected chi connectivity index (χ2v) is 5.51. The van der Waals surface area contributed by atoms with Gasteiger partial charge in [-0.05, 0) is 31.0 Å². The van der Waals surface area contributed by atoms with Crippen molar-refractivity contribution in [2.75, 3.05) is 11.4 Å². The first kappa shape index (κ1) is 14.9. The minimum Gasteiger partial charge on any atom is -0.344 e. The maximum atomic E-state index is 12.6. The van der Waals surface area contributed by atoms with Crippen molar-refractivity contribution in [3.8, 4) is 0 Å². The molecule has 20 heavy (non-hydrogen) atoms. The molecule has 1 aromatic carbocycles. The van der Waals surface area contributed by atoms with Gasteiger partial charge in [0.1, 0.15) is 6.04 Å². The van der Waals surface area contributed by atoms with E-state index in [0.29, 0.717) is 30.1 Å². The number of benzene rings is 1. The number of halogens is 1. The van der Waals surface area contributed by atoms with Crippen molar-refractivity contribution in [3.63, 3.8) is 0 Å². The summed E-state index contributed by atoms with van der Waals surface area (Å²) in [5.74, 6) is -0.161. The Kier molecular flexibility index (Phi) is 4.65. The molecule has 0 radical (unpaired) electrons. The molecule has 1 N–H and O–H groups in total. The molecule has 0 saturated carbocycles. The van der Waals surface area contributed by atoms with Gasteiger partial charge in [-0.2, -0.15) is 0 Å². The van der Waals surface area contributed by atoms with Crippen LogP contribution in [0.5, 0.6) is 0 Å². The van der Waals surface area contributed by atoms with Crippen LogP contribution in [0.4, 0.5) is 5.69 Å². The number of hydrogen-bond donors (Lipinski definition) is 1. The number of carbonyl (C=O) groups excluding carboxylic acids is 2. The number of carbonyl (C=O) groups is 2. The Bertz CT molecular complexity index is 531. The topological polar surface area (TPSA) is 49.4 Å². The Morgan fingerprint density at radius 3 is 2.80 bits per heavy atom. The Morgan fingerprint density at radius 2 is 2.15 bits per heavy atom. The predicted molar refractivity (Wildman–Crippen MR) is 80.0 cm³/mol. The Hall–Kier alpha value is -1.55. The summed E-state index contributed by atoms with van der Waals surface area (Å²) in [4.78, 5) is 25.9. The normalized spacial score (nSPS) is 19.8. The van der Waals surface area contributed by atoms with E-state index >= 15 is 0 Å². The average Bonchev–Trinajstić information content (AvgIpc) is 2.52. The highest BCUT2D eigenvalue weighted by molar-refractivity contribution is 6.34. The van der Waals surface area contributed by atoms with Crippen LogP contribution >= 0.6 is 11.6 Å². The van der Waals surface area contributed by atoms with Crippen LogP contribution in [0.15, 0.2) is 18.2 Å². The molecule has 2 amide bonds. The van der Waals surface area contributed by atoms with Gasteiger partial charge in [0.05, 0.1) is 10.7 Å². The predicted octanol–water partition coefficient (Wildman–Crippen LogP) is 2.67. The van der Waals surface area contributed by atoms with Crippen LogP contribution in [-0.2, 0) is 9.59 Å². The molecule has 1 atom stereocenters. The van der Waals surface area contributed by atoms with Crippen molar-refractivity contribution in [2.45, 2.75) is 39.2 Å². The van der Waals surface area contributed by atoms with Crippen molar-refractivity contribution < 1.29 is 9.59 Å². The van der Waals surface area contributed by atoms with Gasteiger partial charge in [0.15, 0.2) is 0 Å². The van der Waals surface area contributed by atoms with Crippen LogP contribution in [0.2, 0.25) is 5.02 Å². The summed E-state index contributed by atoms with van der Waals surface area (Å²) in [7, 11) is 0. The van der Waals surface area contributed by atoms with Crippen molar-refractivity contribution in [3.05, 3.63) is 28.8 Å². The van der Waals surface area contributed by atoms with E-state index in [1.165, 1.54) is 0 Å². The number of hydrogen-bond acceptors (Lipinski definition) is 2. The lowest BCUT2D eigenvalue weighted by Gasteiger charge is -2.25. The van der Waals surface area contributed by atoms with Crippen LogP contribution in [0.25, 0.3) is 0 Å². The fourth-order valence-electron chi connectivity index (χ4n) is 2.39. The molecule has 4 nitrogen and oxygen atoms in total. The quantitative estimate of drug-likeness (QED) is 0.932. The van der Waals surface area contributed by atoms with Gasteiger partial charge in [-0.15, -0.1) is 0 Å². The Balaban J connectivity index is 2.33. The molecule has 1 unspecified atom stereocenters. The van der Waals surface area contributed by atoms with Crippen LogP contribution in [0, 0.1) is 6.92 Å². The second kappa shape index (κ2) is 6.27. The molecule has 1 saturated heterocycles. The molecule has 0 aliphatic carbocycles. The van der Waals surface area contributed by atoms with Gasteiger partial charge in [-0.25, -0.2) is 0 Å². The Morgan fingerprint density at radius 1 is 1.40 bits per heavy atom.